The number of hydrogen-bond acceptors (Lipinski definition) is 4. The molecule has 6 rings (SSSR count). The van der Waals surface area contributed by atoms with Gasteiger partial charge in [-0.2, -0.15) is 0 Å². The van der Waals surface area contributed by atoms with Crippen LogP contribution in [0.15, 0.2) is 152 Å². The van der Waals surface area contributed by atoms with Gasteiger partial charge in [0, 0.05) is 5.92 Å². The van der Waals surface area contributed by atoms with Crippen LogP contribution >= 0.6 is 0 Å². The van der Waals surface area contributed by atoms with E-state index < -0.39 is 23.8 Å². The Morgan fingerprint density at radius 3 is 1.56 bits per heavy atom. The Kier molecular flexibility index (Phi) is 16.1. The zero-order valence-corrected chi connectivity index (χ0v) is 33.7. The van der Waals surface area contributed by atoms with Gasteiger partial charge >= 0.3 is 6.09 Å². The Bertz CT molecular complexity index is 1800. The van der Waals surface area contributed by atoms with Crippen LogP contribution in [0.2, 0.25) is 0 Å². The SMILES string of the molecule is CCCCCCCCCCCCC/C=C/C(O)C(COC(c1ccccc1)(c1ccccc1)c1ccccc1)NC(=O)OCC1c2ccccc2-c2ccccc21. The summed E-state index contributed by atoms with van der Waals surface area (Å²) in [5, 5.41) is 14.8. The third-order valence-corrected chi connectivity index (χ3v) is 11.4. The van der Waals surface area contributed by atoms with Crippen LogP contribution in [0.4, 0.5) is 4.79 Å². The second-order valence-electron chi connectivity index (χ2n) is 15.4. The van der Waals surface area contributed by atoms with Gasteiger partial charge < -0.3 is 19.9 Å². The number of rotatable bonds is 23. The molecule has 298 valence electrons. The van der Waals surface area contributed by atoms with Crippen LogP contribution in [0.1, 0.15) is 118 Å². The topological polar surface area (TPSA) is 67.8 Å². The maximum atomic E-state index is 13.7. The number of carbonyl (C=O) groups is 1. The standard InChI is InChI=1S/C52H61NO4/c1-2-3-4-5-6-7-8-9-10-11-12-13-23-38-50(54)49(53-51(55)56-39-48-46-36-26-24-34-44(46)45-35-25-27-37-47(45)48)40-57-52(41-28-17-14-18-29-41,42-30-19-15-20-31-42)43-32-21-16-22-33-43/h14-38,48-50,54H,2-13,39-40H2,1H3,(H,53,55)/b38-23+. The second kappa shape index (κ2) is 22.1. The zero-order valence-electron chi connectivity index (χ0n) is 33.7. The molecule has 0 heterocycles. The fraction of sp³-hybridized carbons (Fsp3) is 0.365. The fourth-order valence-electron chi connectivity index (χ4n) is 8.30. The first-order valence-electron chi connectivity index (χ1n) is 21.4. The van der Waals surface area contributed by atoms with Crippen molar-refractivity contribution < 1.29 is 19.4 Å². The smallest absolute Gasteiger partial charge is 0.407 e. The summed E-state index contributed by atoms with van der Waals surface area (Å²) in [4.78, 5) is 13.7. The normalized spacial score (nSPS) is 13.6. The Morgan fingerprint density at radius 2 is 1.07 bits per heavy atom. The maximum Gasteiger partial charge on any atom is 0.407 e. The van der Waals surface area contributed by atoms with E-state index in [1.54, 1.807) is 0 Å². The Morgan fingerprint density at radius 1 is 0.632 bits per heavy atom. The molecule has 2 unspecified atom stereocenters. The predicted molar refractivity (Wildman–Crippen MR) is 233 cm³/mol. The van der Waals surface area contributed by atoms with Gasteiger partial charge in [0.1, 0.15) is 12.2 Å². The lowest BCUT2D eigenvalue weighted by Gasteiger charge is -2.37. The Balaban J connectivity index is 1.15. The van der Waals surface area contributed by atoms with Crippen LogP contribution in [0.25, 0.3) is 11.1 Å². The molecule has 5 aromatic rings. The quantitative estimate of drug-likeness (QED) is 0.0395. The van der Waals surface area contributed by atoms with Gasteiger partial charge in [0.05, 0.1) is 18.8 Å². The number of hydrogen-bond donors (Lipinski definition) is 2. The molecule has 5 aromatic carbocycles. The minimum absolute atomic E-state index is 0.0207. The Labute approximate surface area is 341 Å². The number of fused-ring (bicyclic) bond motifs is 3. The minimum Gasteiger partial charge on any atom is -0.449 e. The molecule has 0 aromatic heterocycles. The number of ether oxygens (including phenoxy) is 2. The van der Waals surface area contributed by atoms with E-state index in [9.17, 15) is 9.90 Å². The molecule has 0 bridgehead atoms. The van der Waals surface area contributed by atoms with Crippen molar-refractivity contribution in [1.82, 2.24) is 5.32 Å². The molecule has 0 spiro atoms. The van der Waals surface area contributed by atoms with E-state index in [0.717, 1.165) is 40.7 Å². The Hall–Kier alpha value is -4.97. The zero-order chi connectivity index (χ0) is 39.5. The molecule has 0 saturated carbocycles. The molecule has 0 saturated heterocycles. The summed E-state index contributed by atoms with van der Waals surface area (Å²) < 4.78 is 13.1. The van der Waals surface area contributed by atoms with E-state index in [0.29, 0.717) is 0 Å². The van der Waals surface area contributed by atoms with Crippen LogP contribution in [0, 0.1) is 0 Å². The summed E-state index contributed by atoms with van der Waals surface area (Å²) >= 11 is 0. The van der Waals surface area contributed by atoms with Gasteiger partial charge in [-0.3, -0.25) is 0 Å². The highest BCUT2D eigenvalue weighted by Crippen LogP contribution is 2.45. The lowest BCUT2D eigenvalue weighted by Crippen LogP contribution is -2.48. The van der Waals surface area contributed by atoms with E-state index in [4.69, 9.17) is 9.47 Å². The van der Waals surface area contributed by atoms with E-state index in [1.165, 1.54) is 75.3 Å². The summed E-state index contributed by atoms with van der Waals surface area (Å²) in [5.74, 6) is -0.0737. The molecule has 57 heavy (non-hydrogen) atoms. The van der Waals surface area contributed by atoms with Crippen molar-refractivity contribution in [2.75, 3.05) is 13.2 Å². The van der Waals surface area contributed by atoms with Crippen molar-refractivity contribution in [3.05, 3.63) is 179 Å². The summed E-state index contributed by atoms with van der Waals surface area (Å²) in [6, 6.07) is 46.3. The third kappa shape index (κ3) is 11.1. The number of amides is 1. The van der Waals surface area contributed by atoms with Gasteiger partial charge in [-0.15, -0.1) is 0 Å². The first kappa shape index (κ1) is 41.7. The number of alkyl carbamates (subject to hydrolysis) is 1. The lowest BCUT2D eigenvalue weighted by atomic mass is 9.80. The fourth-order valence-corrected chi connectivity index (χ4v) is 8.30. The van der Waals surface area contributed by atoms with E-state index in [-0.39, 0.29) is 19.1 Å². The first-order valence-corrected chi connectivity index (χ1v) is 21.4. The number of benzene rings is 5. The van der Waals surface area contributed by atoms with E-state index in [2.05, 4.69) is 72.9 Å². The van der Waals surface area contributed by atoms with Gasteiger partial charge in [0.15, 0.2) is 0 Å². The lowest BCUT2D eigenvalue weighted by molar-refractivity contribution is -0.0167. The first-order chi connectivity index (χ1) is 28.1. The van der Waals surface area contributed by atoms with Gasteiger partial charge in [-0.25, -0.2) is 4.79 Å². The van der Waals surface area contributed by atoms with Gasteiger partial charge in [-0.05, 0) is 51.8 Å². The molecule has 2 N–H and O–H groups in total. The van der Waals surface area contributed by atoms with Crippen molar-refractivity contribution in [3.8, 4) is 11.1 Å². The average Bonchev–Trinajstić information content (AvgIpc) is 3.58. The van der Waals surface area contributed by atoms with Crippen molar-refractivity contribution in [2.45, 2.75) is 108 Å². The third-order valence-electron chi connectivity index (χ3n) is 11.4. The van der Waals surface area contributed by atoms with E-state index >= 15 is 0 Å². The van der Waals surface area contributed by atoms with Crippen LogP contribution < -0.4 is 5.32 Å². The van der Waals surface area contributed by atoms with Gasteiger partial charge in [-0.1, -0.05) is 223 Å². The van der Waals surface area contributed by atoms with Crippen LogP contribution in [-0.2, 0) is 15.1 Å². The number of unbranched alkanes of at least 4 members (excludes halogenated alkanes) is 11. The van der Waals surface area contributed by atoms with Crippen molar-refractivity contribution in [3.63, 3.8) is 0 Å². The van der Waals surface area contributed by atoms with E-state index in [1.807, 2.05) is 91.0 Å². The molecule has 0 aliphatic heterocycles. The molecule has 1 aliphatic rings. The number of carbonyl (C=O) groups excluding carboxylic acids is 1. The molecule has 2 atom stereocenters. The van der Waals surface area contributed by atoms with Crippen LogP contribution in [0.3, 0.4) is 0 Å². The van der Waals surface area contributed by atoms with Crippen molar-refractivity contribution in [2.24, 2.45) is 0 Å². The van der Waals surface area contributed by atoms with Gasteiger partial charge in [0.2, 0.25) is 0 Å². The molecular weight excluding hydrogens is 703 g/mol. The van der Waals surface area contributed by atoms with Gasteiger partial charge in [0.25, 0.3) is 0 Å². The van der Waals surface area contributed by atoms with Crippen molar-refractivity contribution >= 4 is 6.09 Å². The van der Waals surface area contributed by atoms with Crippen LogP contribution in [-0.4, -0.2) is 36.6 Å². The molecule has 5 nitrogen and oxygen atoms in total. The molecular formula is C52H61NO4. The molecule has 5 heteroatoms. The summed E-state index contributed by atoms with van der Waals surface area (Å²) in [6.07, 6.45) is 17.3. The number of aliphatic hydroxyl groups is 1. The molecule has 0 radical (unpaired) electrons. The van der Waals surface area contributed by atoms with Crippen LogP contribution in [0.5, 0.6) is 0 Å². The number of aliphatic hydroxyl groups excluding tert-OH is 1. The number of nitrogens with one attached hydrogen (secondary N) is 1. The largest absolute Gasteiger partial charge is 0.449 e. The molecule has 1 aliphatic carbocycles. The summed E-state index contributed by atoms with van der Waals surface area (Å²) in [7, 11) is 0. The summed E-state index contributed by atoms with van der Waals surface area (Å²) in [5.41, 5.74) is 6.47. The average molecular weight is 764 g/mol. The highest BCUT2D eigenvalue weighted by atomic mass is 16.6. The number of allylic oxidation sites excluding steroid dienone is 1. The molecule has 1 amide bonds. The summed E-state index contributed by atoms with van der Waals surface area (Å²) in [6.45, 7) is 2.47. The predicted octanol–water partition coefficient (Wildman–Crippen LogP) is 12.5. The monoisotopic (exact) mass is 763 g/mol. The van der Waals surface area contributed by atoms with Crippen molar-refractivity contribution in [1.29, 1.82) is 0 Å². The highest BCUT2D eigenvalue weighted by molar-refractivity contribution is 5.79. The highest BCUT2D eigenvalue weighted by Gasteiger charge is 2.39. The second-order valence-corrected chi connectivity index (χ2v) is 15.4. The molecule has 0 fully saturated rings. The minimum atomic E-state index is -1.01. The maximum absolute atomic E-state index is 13.7.